The van der Waals surface area contributed by atoms with Gasteiger partial charge in [-0.2, -0.15) is 13.2 Å². The minimum absolute atomic E-state index is 0.208. The number of urea groups is 1. The number of nitrogens with one attached hydrogen (secondary N) is 1. The van der Waals surface area contributed by atoms with Gasteiger partial charge in [-0.05, 0) is 18.6 Å². The monoisotopic (exact) mass is 345 g/mol. The first kappa shape index (κ1) is 18.0. The molecule has 0 unspecified atom stereocenters. The van der Waals surface area contributed by atoms with Crippen LogP contribution in [0.3, 0.4) is 0 Å². The fourth-order valence-electron chi connectivity index (χ4n) is 2.61. The Hall–Kier alpha value is -2.32. The lowest BCUT2D eigenvalue weighted by molar-refractivity contribution is -0.187. The first-order valence-electron chi connectivity index (χ1n) is 7.42. The summed E-state index contributed by atoms with van der Waals surface area (Å²) in [5.74, 6) is -5.22. The summed E-state index contributed by atoms with van der Waals surface area (Å²) in [6, 6.07) is 2.98. The lowest BCUT2D eigenvalue weighted by Gasteiger charge is -2.18. The Kier molecular flexibility index (Phi) is 5.30. The molecule has 132 valence electrons. The number of carboxylic acids is 1. The number of amides is 2. The molecule has 9 heteroatoms. The molecule has 0 spiro atoms. The van der Waals surface area contributed by atoms with Crippen molar-refractivity contribution in [2.75, 3.05) is 19.6 Å². The highest BCUT2D eigenvalue weighted by molar-refractivity contribution is 5.77. The zero-order chi connectivity index (χ0) is 17.9. The Labute approximate surface area is 136 Å². The molecule has 2 amide bonds. The van der Waals surface area contributed by atoms with E-state index in [1.54, 1.807) is 12.3 Å². The second kappa shape index (κ2) is 7.06. The van der Waals surface area contributed by atoms with Gasteiger partial charge in [0.1, 0.15) is 0 Å². The quantitative estimate of drug-likeness (QED) is 0.872. The molecular weight excluding hydrogens is 327 g/mol. The number of carbonyl (C=O) groups is 2. The molecule has 1 aliphatic heterocycles. The Morgan fingerprint density at radius 1 is 1.38 bits per heavy atom. The maximum atomic E-state index is 12.9. The summed E-state index contributed by atoms with van der Waals surface area (Å²) < 4.78 is 38.7. The number of carboxylic acid groups (broad SMARTS) is 1. The number of hydrogen-bond acceptors (Lipinski definition) is 3. The number of halogens is 3. The maximum Gasteiger partial charge on any atom is 0.394 e. The third-order valence-electron chi connectivity index (χ3n) is 3.97. The van der Waals surface area contributed by atoms with Crippen LogP contribution >= 0.6 is 0 Å². The Morgan fingerprint density at radius 3 is 2.58 bits per heavy atom. The zero-order valence-corrected chi connectivity index (χ0v) is 13.0. The smallest absolute Gasteiger partial charge is 0.394 e. The first-order chi connectivity index (χ1) is 11.2. The van der Waals surface area contributed by atoms with E-state index in [-0.39, 0.29) is 6.54 Å². The van der Waals surface area contributed by atoms with Crippen molar-refractivity contribution >= 4 is 12.0 Å². The summed E-state index contributed by atoms with van der Waals surface area (Å²) >= 11 is 0. The van der Waals surface area contributed by atoms with E-state index in [4.69, 9.17) is 5.11 Å². The summed E-state index contributed by atoms with van der Waals surface area (Å²) in [5, 5.41) is 11.4. The van der Waals surface area contributed by atoms with Crippen molar-refractivity contribution in [3.63, 3.8) is 0 Å². The van der Waals surface area contributed by atoms with Crippen molar-refractivity contribution in [3.05, 3.63) is 29.6 Å². The van der Waals surface area contributed by atoms with Crippen molar-refractivity contribution < 1.29 is 27.9 Å². The van der Waals surface area contributed by atoms with Crippen molar-refractivity contribution in [2.45, 2.75) is 19.5 Å². The van der Waals surface area contributed by atoms with Crippen molar-refractivity contribution in [2.24, 2.45) is 11.8 Å². The van der Waals surface area contributed by atoms with Crippen molar-refractivity contribution in [1.29, 1.82) is 0 Å². The number of alkyl halides is 3. The molecule has 2 heterocycles. The van der Waals surface area contributed by atoms with Crippen LogP contribution in [0.5, 0.6) is 0 Å². The molecule has 0 aromatic carbocycles. The number of likely N-dealkylation sites (tertiary alicyclic amines) is 1. The standard InChI is InChI=1S/C15H18F3N3O3/c1-9-2-3-10(20-6-9)4-5-19-14(24)21-7-11(13(22)23)12(8-21)15(16,17)18/h2-3,6,11-12H,4-5,7-8H2,1H3,(H,19,24)(H,22,23)/t11-,12-/m1/s1. The predicted octanol–water partition coefficient (Wildman–Crippen LogP) is 1.84. The summed E-state index contributed by atoms with van der Waals surface area (Å²) in [5.41, 5.74) is 1.75. The van der Waals surface area contributed by atoms with Gasteiger partial charge < -0.3 is 15.3 Å². The largest absolute Gasteiger partial charge is 0.481 e. The Balaban J connectivity index is 1.88. The fraction of sp³-hybridized carbons (Fsp3) is 0.533. The minimum Gasteiger partial charge on any atom is -0.481 e. The van der Waals surface area contributed by atoms with Gasteiger partial charge in [-0.25, -0.2) is 4.79 Å². The van der Waals surface area contributed by atoms with E-state index in [0.29, 0.717) is 6.42 Å². The molecule has 1 aliphatic rings. The molecule has 0 radical (unpaired) electrons. The summed E-state index contributed by atoms with van der Waals surface area (Å²) in [6.45, 7) is 1.00. The van der Waals surface area contributed by atoms with E-state index in [2.05, 4.69) is 10.3 Å². The third kappa shape index (κ3) is 4.36. The van der Waals surface area contributed by atoms with E-state index < -0.39 is 43.1 Å². The molecule has 2 N–H and O–H groups in total. The van der Waals surface area contributed by atoms with Crippen LogP contribution in [-0.2, 0) is 11.2 Å². The van der Waals surface area contributed by atoms with Gasteiger partial charge in [-0.15, -0.1) is 0 Å². The van der Waals surface area contributed by atoms with Crippen molar-refractivity contribution in [1.82, 2.24) is 15.2 Å². The molecule has 0 aliphatic carbocycles. The Bertz CT molecular complexity index is 604. The average molecular weight is 345 g/mol. The molecule has 0 saturated carbocycles. The number of carbonyl (C=O) groups excluding carboxylic acids is 1. The summed E-state index contributed by atoms with van der Waals surface area (Å²) in [4.78, 5) is 28.0. The molecule has 2 rings (SSSR count). The number of rotatable bonds is 4. The first-order valence-corrected chi connectivity index (χ1v) is 7.42. The maximum absolute atomic E-state index is 12.9. The number of pyridine rings is 1. The number of nitrogens with zero attached hydrogens (tertiary/aromatic N) is 2. The highest BCUT2D eigenvalue weighted by Crippen LogP contribution is 2.37. The normalized spacial score (nSPS) is 20.9. The number of aryl methyl sites for hydroxylation is 1. The highest BCUT2D eigenvalue weighted by Gasteiger charge is 2.53. The SMILES string of the molecule is Cc1ccc(CCNC(=O)N2C[C@@H](C(F)(F)F)[C@H](C(=O)O)C2)nc1. The number of aliphatic carboxylic acids is 1. The van der Waals surface area contributed by atoms with E-state index in [1.807, 2.05) is 13.0 Å². The molecule has 6 nitrogen and oxygen atoms in total. The molecule has 0 bridgehead atoms. The second-order valence-electron chi connectivity index (χ2n) is 5.81. The molecule has 1 fully saturated rings. The van der Waals surface area contributed by atoms with Crippen molar-refractivity contribution in [3.8, 4) is 0 Å². The van der Waals surface area contributed by atoms with E-state index >= 15 is 0 Å². The van der Waals surface area contributed by atoms with Crippen LogP contribution in [0.25, 0.3) is 0 Å². The summed E-state index contributed by atoms with van der Waals surface area (Å²) in [6.07, 6.45) is -2.53. The zero-order valence-electron chi connectivity index (χ0n) is 13.0. The molecule has 2 atom stereocenters. The molecule has 1 aromatic heterocycles. The topological polar surface area (TPSA) is 82.5 Å². The number of aromatic nitrogens is 1. The van der Waals surface area contributed by atoms with Gasteiger partial charge in [0.25, 0.3) is 0 Å². The predicted molar refractivity (Wildman–Crippen MR) is 78.3 cm³/mol. The van der Waals surface area contributed by atoms with Crippen LogP contribution in [-0.4, -0.2) is 52.8 Å². The van der Waals surface area contributed by atoms with Gasteiger partial charge in [0, 0.05) is 37.9 Å². The van der Waals surface area contributed by atoms with Crippen LogP contribution in [0.2, 0.25) is 0 Å². The summed E-state index contributed by atoms with van der Waals surface area (Å²) in [7, 11) is 0. The lowest BCUT2D eigenvalue weighted by Crippen LogP contribution is -2.40. The van der Waals surface area contributed by atoms with E-state index in [1.165, 1.54) is 0 Å². The fourth-order valence-corrected chi connectivity index (χ4v) is 2.61. The van der Waals surface area contributed by atoms with Gasteiger partial charge in [0.2, 0.25) is 0 Å². The molecule has 1 aromatic rings. The Morgan fingerprint density at radius 2 is 2.08 bits per heavy atom. The van der Waals surface area contributed by atoms with Gasteiger partial charge in [-0.1, -0.05) is 6.07 Å². The number of hydrogen-bond donors (Lipinski definition) is 2. The highest BCUT2D eigenvalue weighted by atomic mass is 19.4. The molecule has 1 saturated heterocycles. The molecular formula is C15H18F3N3O3. The van der Waals surface area contributed by atoms with Gasteiger partial charge in [-0.3, -0.25) is 9.78 Å². The minimum atomic E-state index is -4.65. The van der Waals surface area contributed by atoms with Gasteiger partial charge in [0.15, 0.2) is 0 Å². The van der Waals surface area contributed by atoms with E-state index in [9.17, 15) is 22.8 Å². The van der Waals surface area contributed by atoms with Crippen LogP contribution in [0.1, 0.15) is 11.3 Å². The van der Waals surface area contributed by atoms with Crippen LogP contribution in [0.4, 0.5) is 18.0 Å². The van der Waals surface area contributed by atoms with Crippen LogP contribution in [0, 0.1) is 18.8 Å². The lowest BCUT2D eigenvalue weighted by atomic mass is 9.96. The van der Waals surface area contributed by atoms with Crippen LogP contribution < -0.4 is 5.32 Å². The van der Waals surface area contributed by atoms with Gasteiger partial charge >= 0.3 is 18.2 Å². The van der Waals surface area contributed by atoms with Gasteiger partial charge in [0.05, 0.1) is 11.8 Å². The molecule has 24 heavy (non-hydrogen) atoms. The van der Waals surface area contributed by atoms with E-state index in [0.717, 1.165) is 16.2 Å². The average Bonchev–Trinajstić information content (AvgIpc) is 2.95. The van der Waals surface area contributed by atoms with Crippen LogP contribution in [0.15, 0.2) is 18.3 Å². The third-order valence-corrected chi connectivity index (χ3v) is 3.97. The second-order valence-corrected chi connectivity index (χ2v) is 5.81.